The summed E-state index contributed by atoms with van der Waals surface area (Å²) in [6.07, 6.45) is 0. The van der Waals surface area contributed by atoms with Crippen molar-refractivity contribution in [3.8, 4) is 11.1 Å². The van der Waals surface area contributed by atoms with Gasteiger partial charge < -0.3 is 9.72 Å². The molecule has 0 aliphatic heterocycles. The lowest BCUT2D eigenvalue weighted by Gasteiger charge is -2.11. The number of nitrogens with zero attached hydrogens (tertiary/aromatic N) is 1. The van der Waals surface area contributed by atoms with Crippen molar-refractivity contribution < 1.29 is 9.53 Å². The Balaban J connectivity index is 1.60. The Labute approximate surface area is 172 Å². The molecule has 0 atom stereocenters. The normalized spacial score (nSPS) is 11.0. The summed E-state index contributed by atoms with van der Waals surface area (Å²) in [5.74, 6) is -0.0846. The molecular weight excluding hydrogens is 384 g/mol. The van der Waals surface area contributed by atoms with Crippen LogP contribution in [0.5, 0.6) is 0 Å². The van der Waals surface area contributed by atoms with Gasteiger partial charge in [-0.3, -0.25) is 4.79 Å². The standard InChI is InChI=1S/C23H20N2O3S/c1-13-9-14(2)19(15(3)10-13)23(27)28-11-18-24-21(26)20-17(12-29-22(20)25-18)16-7-5-4-6-8-16/h4-10,12H,11H2,1-3H3,(H,24,25,26). The minimum atomic E-state index is -0.418. The molecule has 1 N–H and O–H groups in total. The van der Waals surface area contributed by atoms with Gasteiger partial charge in [-0.1, -0.05) is 48.0 Å². The highest BCUT2D eigenvalue weighted by molar-refractivity contribution is 7.17. The fraction of sp³-hybridized carbons (Fsp3) is 0.174. The van der Waals surface area contributed by atoms with Gasteiger partial charge in [0.15, 0.2) is 0 Å². The number of carbonyl (C=O) groups is 1. The van der Waals surface area contributed by atoms with E-state index in [0.29, 0.717) is 21.6 Å². The summed E-state index contributed by atoms with van der Waals surface area (Å²) in [6.45, 7) is 5.68. The SMILES string of the molecule is Cc1cc(C)c(C(=O)OCc2nc3scc(-c4ccccc4)c3c(=O)[nH]2)c(C)c1. The van der Waals surface area contributed by atoms with Crippen LogP contribution in [-0.4, -0.2) is 15.9 Å². The lowest BCUT2D eigenvalue weighted by atomic mass is 10.00. The minimum Gasteiger partial charge on any atom is -0.454 e. The lowest BCUT2D eigenvalue weighted by Crippen LogP contribution is -2.15. The molecule has 5 nitrogen and oxygen atoms in total. The first-order chi connectivity index (χ1) is 13.9. The van der Waals surface area contributed by atoms with Crippen LogP contribution in [0.2, 0.25) is 0 Å². The molecule has 0 bridgehead atoms. The van der Waals surface area contributed by atoms with E-state index in [0.717, 1.165) is 27.8 Å². The number of ether oxygens (including phenoxy) is 1. The summed E-state index contributed by atoms with van der Waals surface area (Å²) in [5, 5.41) is 2.48. The molecule has 6 heteroatoms. The van der Waals surface area contributed by atoms with Gasteiger partial charge in [-0.2, -0.15) is 0 Å². The van der Waals surface area contributed by atoms with Crippen LogP contribution < -0.4 is 5.56 Å². The first kappa shape index (κ1) is 19.1. The van der Waals surface area contributed by atoms with E-state index >= 15 is 0 Å². The number of nitrogens with one attached hydrogen (secondary N) is 1. The number of hydrogen-bond acceptors (Lipinski definition) is 5. The molecule has 0 aliphatic rings. The zero-order valence-corrected chi connectivity index (χ0v) is 17.2. The molecule has 146 valence electrons. The minimum absolute atomic E-state index is 0.0880. The molecule has 0 unspecified atom stereocenters. The van der Waals surface area contributed by atoms with Crippen LogP contribution in [0.3, 0.4) is 0 Å². The fourth-order valence-electron chi connectivity index (χ4n) is 3.60. The zero-order valence-electron chi connectivity index (χ0n) is 16.4. The van der Waals surface area contributed by atoms with Gasteiger partial charge in [0.1, 0.15) is 17.3 Å². The molecular formula is C23H20N2O3S. The maximum absolute atomic E-state index is 12.7. The Morgan fingerprint density at radius 1 is 1.10 bits per heavy atom. The molecule has 0 amide bonds. The summed E-state index contributed by atoms with van der Waals surface area (Å²) >= 11 is 1.40. The van der Waals surface area contributed by atoms with Crippen molar-refractivity contribution in [2.24, 2.45) is 0 Å². The van der Waals surface area contributed by atoms with Crippen LogP contribution in [0.25, 0.3) is 21.3 Å². The number of carbonyl (C=O) groups excluding carboxylic acids is 1. The molecule has 2 aromatic carbocycles. The van der Waals surface area contributed by atoms with Crippen LogP contribution in [-0.2, 0) is 11.3 Å². The summed E-state index contributed by atoms with van der Waals surface area (Å²) < 4.78 is 5.44. The number of aryl methyl sites for hydroxylation is 3. The number of aromatic nitrogens is 2. The van der Waals surface area contributed by atoms with Gasteiger partial charge in [0.2, 0.25) is 0 Å². The number of fused-ring (bicyclic) bond motifs is 1. The molecule has 4 aromatic rings. The first-order valence-electron chi connectivity index (χ1n) is 9.25. The maximum Gasteiger partial charge on any atom is 0.339 e. The van der Waals surface area contributed by atoms with Crippen molar-refractivity contribution in [3.05, 3.63) is 86.3 Å². The third kappa shape index (κ3) is 3.71. The Hall–Kier alpha value is -3.25. The second kappa shape index (κ2) is 7.64. The summed E-state index contributed by atoms with van der Waals surface area (Å²) in [4.78, 5) is 33.1. The highest BCUT2D eigenvalue weighted by Gasteiger charge is 2.17. The molecule has 2 heterocycles. The predicted octanol–water partition coefficient (Wildman–Crippen LogP) is 4.93. The third-order valence-corrected chi connectivity index (χ3v) is 5.67. The number of thiophene rings is 1. The van der Waals surface area contributed by atoms with Gasteiger partial charge in [0, 0.05) is 10.9 Å². The number of hydrogen-bond donors (Lipinski definition) is 1. The van der Waals surface area contributed by atoms with E-state index in [1.54, 1.807) is 0 Å². The molecule has 0 aliphatic carbocycles. The van der Waals surface area contributed by atoms with Gasteiger partial charge in [-0.05, 0) is 37.5 Å². The summed E-state index contributed by atoms with van der Waals surface area (Å²) in [7, 11) is 0. The highest BCUT2D eigenvalue weighted by Crippen LogP contribution is 2.30. The van der Waals surface area contributed by atoms with Crippen molar-refractivity contribution in [2.45, 2.75) is 27.4 Å². The Bertz CT molecular complexity index is 1250. The van der Waals surface area contributed by atoms with Crippen molar-refractivity contribution in [3.63, 3.8) is 0 Å². The van der Waals surface area contributed by atoms with Crippen LogP contribution in [0.4, 0.5) is 0 Å². The van der Waals surface area contributed by atoms with Crippen molar-refractivity contribution >= 4 is 27.5 Å². The fourth-order valence-corrected chi connectivity index (χ4v) is 4.57. The van der Waals surface area contributed by atoms with Gasteiger partial charge in [0.25, 0.3) is 5.56 Å². The van der Waals surface area contributed by atoms with E-state index in [-0.39, 0.29) is 12.2 Å². The van der Waals surface area contributed by atoms with Crippen LogP contribution in [0, 0.1) is 20.8 Å². The van der Waals surface area contributed by atoms with Crippen molar-refractivity contribution in [1.82, 2.24) is 9.97 Å². The number of esters is 1. The van der Waals surface area contributed by atoms with E-state index in [2.05, 4.69) is 9.97 Å². The monoisotopic (exact) mass is 404 g/mol. The molecule has 0 spiro atoms. The first-order valence-corrected chi connectivity index (χ1v) is 10.1. The van der Waals surface area contributed by atoms with Crippen molar-refractivity contribution in [2.75, 3.05) is 0 Å². The third-order valence-electron chi connectivity index (χ3n) is 4.80. The number of H-pyrrole nitrogens is 1. The van der Waals surface area contributed by atoms with Gasteiger partial charge in [-0.25, -0.2) is 9.78 Å². The van der Waals surface area contributed by atoms with Gasteiger partial charge in [-0.15, -0.1) is 11.3 Å². The quantitative estimate of drug-likeness (QED) is 0.489. The highest BCUT2D eigenvalue weighted by atomic mass is 32.1. The average molecular weight is 404 g/mol. The van der Waals surface area contributed by atoms with Gasteiger partial charge >= 0.3 is 5.97 Å². The predicted molar refractivity (Wildman–Crippen MR) is 115 cm³/mol. The number of benzene rings is 2. The second-order valence-electron chi connectivity index (χ2n) is 7.06. The van der Waals surface area contributed by atoms with Gasteiger partial charge in [0.05, 0.1) is 10.9 Å². The van der Waals surface area contributed by atoms with Crippen LogP contribution in [0.1, 0.15) is 32.9 Å². The molecule has 2 aromatic heterocycles. The van der Waals surface area contributed by atoms with E-state index in [4.69, 9.17) is 4.74 Å². The topological polar surface area (TPSA) is 72.0 Å². The van der Waals surface area contributed by atoms with E-state index in [9.17, 15) is 9.59 Å². The van der Waals surface area contributed by atoms with E-state index < -0.39 is 5.97 Å². The molecule has 0 radical (unpaired) electrons. The molecule has 0 fully saturated rings. The Morgan fingerprint density at radius 3 is 2.48 bits per heavy atom. The maximum atomic E-state index is 12.7. The van der Waals surface area contributed by atoms with E-state index in [1.165, 1.54) is 11.3 Å². The Morgan fingerprint density at radius 2 is 1.79 bits per heavy atom. The molecule has 0 saturated heterocycles. The van der Waals surface area contributed by atoms with E-state index in [1.807, 2.05) is 68.6 Å². The molecule has 29 heavy (non-hydrogen) atoms. The van der Waals surface area contributed by atoms with Crippen LogP contribution in [0.15, 0.2) is 52.6 Å². The second-order valence-corrected chi connectivity index (χ2v) is 7.92. The van der Waals surface area contributed by atoms with Crippen LogP contribution >= 0.6 is 11.3 Å². The smallest absolute Gasteiger partial charge is 0.339 e. The number of aromatic amines is 1. The molecule has 0 saturated carbocycles. The summed E-state index contributed by atoms with van der Waals surface area (Å²) in [6, 6.07) is 13.6. The largest absolute Gasteiger partial charge is 0.454 e. The Kier molecular flexibility index (Phi) is 5.03. The lowest BCUT2D eigenvalue weighted by molar-refractivity contribution is 0.0460. The number of rotatable bonds is 4. The average Bonchev–Trinajstić information content (AvgIpc) is 3.11. The summed E-state index contributed by atoms with van der Waals surface area (Å²) in [5.41, 5.74) is 4.99. The molecule has 4 rings (SSSR count). The van der Waals surface area contributed by atoms with Crippen molar-refractivity contribution in [1.29, 1.82) is 0 Å². The zero-order chi connectivity index (χ0) is 20.5.